The number of rotatable bonds is 4. The van der Waals surface area contributed by atoms with Crippen LogP contribution in [0.3, 0.4) is 0 Å². The molecule has 0 aliphatic heterocycles. The van der Waals surface area contributed by atoms with Gasteiger partial charge in [-0.1, -0.05) is 29.8 Å². The largest absolute Gasteiger partial charge is 0.457 e. The van der Waals surface area contributed by atoms with Gasteiger partial charge in [0.25, 0.3) is 5.69 Å². The lowest BCUT2D eigenvalue weighted by atomic mass is 10.2. The van der Waals surface area contributed by atoms with Crippen LogP contribution in [0.1, 0.15) is 15.9 Å². The highest BCUT2D eigenvalue weighted by molar-refractivity contribution is 6.31. The maximum atomic E-state index is 11.9. The van der Waals surface area contributed by atoms with Crippen molar-refractivity contribution in [2.45, 2.75) is 6.61 Å². The van der Waals surface area contributed by atoms with Crippen LogP contribution in [0.15, 0.2) is 42.5 Å². The maximum absolute atomic E-state index is 11.9. The number of hydrogen-bond donors (Lipinski definition) is 1. The zero-order valence-corrected chi connectivity index (χ0v) is 11.5. The molecule has 0 bridgehead atoms. The zero-order valence-electron chi connectivity index (χ0n) is 10.8. The highest BCUT2D eigenvalue weighted by Gasteiger charge is 2.16. The molecule has 21 heavy (non-hydrogen) atoms. The molecule has 0 aliphatic carbocycles. The number of benzene rings is 2. The lowest BCUT2D eigenvalue weighted by molar-refractivity contribution is -0.383. The van der Waals surface area contributed by atoms with Crippen LogP contribution in [0.2, 0.25) is 5.02 Å². The SMILES string of the molecule is Nc1ccc(C(=O)OCc2ccccc2Cl)cc1[N+](=O)[O-]. The van der Waals surface area contributed by atoms with Gasteiger partial charge in [0.15, 0.2) is 0 Å². The number of halogens is 1. The Balaban J connectivity index is 2.12. The number of nitro groups is 1. The summed E-state index contributed by atoms with van der Waals surface area (Å²) in [7, 11) is 0. The highest BCUT2D eigenvalue weighted by atomic mass is 35.5. The van der Waals surface area contributed by atoms with E-state index in [1.54, 1.807) is 24.3 Å². The Kier molecular flexibility index (Phi) is 4.39. The van der Waals surface area contributed by atoms with Crippen molar-refractivity contribution in [2.24, 2.45) is 0 Å². The molecule has 6 nitrogen and oxygen atoms in total. The smallest absolute Gasteiger partial charge is 0.338 e. The molecule has 0 saturated carbocycles. The molecule has 0 aliphatic rings. The van der Waals surface area contributed by atoms with Gasteiger partial charge in [0.2, 0.25) is 0 Å². The normalized spacial score (nSPS) is 10.1. The molecular formula is C14H11ClN2O4. The van der Waals surface area contributed by atoms with Gasteiger partial charge in [-0.25, -0.2) is 4.79 Å². The number of nitrogen functional groups attached to an aromatic ring is 1. The Morgan fingerprint density at radius 3 is 2.67 bits per heavy atom. The second-order valence-electron chi connectivity index (χ2n) is 4.20. The lowest BCUT2D eigenvalue weighted by Gasteiger charge is -2.07. The minimum absolute atomic E-state index is 0.0114. The first-order valence-electron chi connectivity index (χ1n) is 5.93. The summed E-state index contributed by atoms with van der Waals surface area (Å²) in [6, 6.07) is 10.7. The number of carbonyl (C=O) groups is 1. The fourth-order valence-corrected chi connectivity index (χ4v) is 1.86. The van der Waals surface area contributed by atoms with Gasteiger partial charge >= 0.3 is 5.97 Å². The average Bonchev–Trinajstić information content (AvgIpc) is 2.46. The molecule has 0 amide bonds. The van der Waals surface area contributed by atoms with Crippen LogP contribution in [0.5, 0.6) is 0 Å². The van der Waals surface area contributed by atoms with E-state index in [-0.39, 0.29) is 23.5 Å². The van der Waals surface area contributed by atoms with Crippen molar-refractivity contribution >= 4 is 28.9 Å². The fraction of sp³-hybridized carbons (Fsp3) is 0.0714. The Bertz CT molecular complexity index is 703. The van der Waals surface area contributed by atoms with E-state index in [0.29, 0.717) is 10.6 Å². The van der Waals surface area contributed by atoms with Crippen molar-refractivity contribution in [3.8, 4) is 0 Å². The topological polar surface area (TPSA) is 95.5 Å². The number of anilines is 1. The second-order valence-corrected chi connectivity index (χ2v) is 4.61. The minimum atomic E-state index is -0.682. The first kappa shape index (κ1) is 14.8. The number of nitrogens with zero attached hydrogens (tertiary/aromatic N) is 1. The van der Waals surface area contributed by atoms with Crippen LogP contribution in [0.25, 0.3) is 0 Å². The van der Waals surface area contributed by atoms with Crippen molar-refractivity contribution in [3.05, 3.63) is 68.7 Å². The van der Waals surface area contributed by atoms with Gasteiger partial charge in [-0.2, -0.15) is 0 Å². The molecule has 0 radical (unpaired) electrons. The summed E-state index contributed by atoms with van der Waals surface area (Å²) in [5.74, 6) is -0.682. The number of ether oxygens (including phenoxy) is 1. The lowest BCUT2D eigenvalue weighted by Crippen LogP contribution is -2.07. The number of hydrogen-bond acceptors (Lipinski definition) is 5. The van der Waals surface area contributed by atoms with Gasteiger partial charge in [0, 0.05) is 16.7 Å². The van der Waals surface area contributed by atoms with Crippen LogP contribution < -0.4 is 5.73 Å². The Morgan fingerprint density at radius 2 is 2.00 bits per heavy atom. The third kappa shape index (κ3) is 3.49. The van der Waals surface area contributed by atoms with E-state index in [0.717, 1.165) is 6.07 Å². The molecule has 0 saturated heterocycles. The number of nitrogens with two attached hydrogens (primary N) is 1. The van der Waals surface area contributed by atoms with Gasteiger partial charge in [0.05, 0.1) is 10.5 Å². The molecule has 0 atom stereocenters. The first-order valence-corrected chi connectivity index (χ1v) is 6.31. The highest BCUT2D eigenvalue weighted by Crippen LogP contribution is 2.23. The Morgan fingerprint density at radius 1 is 1.29 bits per heavy atom. The standard InChI is InChI=1S/C14H11ClN2O4/c15-11-4-2-1-3-10(11)8-21-14(18)9-5-6-12(16)13(7-9)17(19)20/h1-7H,8,16H2. The van der Waals surface area contributed by atoms with Gasteiger partial charge in [-0.15, -0.1) is 0 Å². The summed E-state index contributed by atoms with van der Waals surface area (Å²) in [5.41, 5.74) is 5.83. The van der Waals surface area contributed by atoms with Crippen LogP contribution in [0, 0.1) is 10.1 Å². The molecule has 2 rings (SSSR count). The van der Waals surface area contributed by atoms with Crippen molar-refractivity contribution in [1.29, 1.82) is 0 Å². The van der Waals surface area contributed by atoms with Crippen LogP contribution in [-0.2, 0) is 11.3 Å². The molecule has 0 fully saturated rings. The van der Waals surface area contributed by atoms with Gasteiger partial charge in [0.1, 0.15) is 12.3 Å². The molecular weight excluding hydrogens is 296 g/mol. The van der Waals surface area contributed by atoms with Gasteiger partial charge in [-0.3, -0.25) is 10.1 Å². The number of carbonyl (C=O) groups excluding carboxylic acids is 1. The molecule has 7 heteroatoms. The predicted octanol–water partition coefficient (Wildman–Crippen LogP) is 3.19. The van der Waals surface area contributed by atoms with Crippen LogP contribution >= 0.6 is 11.6 Å². The molecule has 108 valence electrons. The molecule has 0 aromatic heterocycles. The van der Waals surface area contributed by atoms with E-state index in [2.05, 4.69) is 0 Å². The van der Waals surface area contributed by atoms with Crippen LogP contribution in [-0.4, -0.2) is 10.9 Å². The third-order valence-electron chi connectivity index (χ3n) is 2.78. The van der Waals surface area contributed by atoms with E-state index in [4.69, 9.17) is 22.1 Å². The summed E-state index contributed by atoms with van der Waals surface area (Å²) < 4.78 is 5.08. The summed E-state index contributed by atoms with van der Waals surface area (Å²) in [4.78, 5) is 22.0. The molecule has 2 aromatic rings. The molecule has 0 spiro atoms. The number of esters is 1. The molecule has 2 aromatic carbocycles. The van der Waals surface area contributed by atoms with E-state index >= 15 is 0 Å². The summed E-state index contributed by atoms with van der Waals surface area (Å²) >= 11 is 5.94. The Labute approximate surface area is 125 Å². The quantitative estimate of drug-likeness (QED) is 0.405. The molecule has 0 heterocycles. The van der Waals surface area contributed by atoms with Gasteiger partial charge in [-0.05, 0) is 18.2 Å². The fourth-order valence-electron chi connectivity index (χ4n) is 1.67. The maximum Gasteiger partial charge on any atom is 0.338 e. The third-order valence-corrected chi connectivity index (χ3v) is 3.15. The minimum Gasteiger partial charge on any atom is -0.457 e. The van der Waals surface area contributed by atoms with Crippen molar-refractivity contribution in [1.82, 2.24) is 0 Å². The van der Waals surface area contributed by atoms with Crippen molar-refractivity contribution in [3.63, 3.8) is 0 Å². The molecule has 0 unspecified atom stereocenters. The van der Waals surface area contributed by atoms with Crippen molar-refractivity contribution < 1.29 is 14.5 Å². The van der Waals surface area contributed by atoms with Crippen LogP contribution in [0.4, 0.5) is 11.4 Å². The molecule has 2 N–H and O–H groups in total. The van der Waals surface area contributed by atoms with Crippen molar-refractivity contribution in [2.75, 3.05) is 5.73 Å². The monoisotopic (exact) mass is 306 g/mol. The van der Waals surface area contributed by atoms with Gasteiger partial charge < -0.3 is 10.5 Å². The first-order chi connectivity index (χ1) is 9.99. The average molecular weight is 307 g/mol. The Hall–Kier alpha value is -2.60. The summed E-state index contributed by atoms with van der Waals surface area (Å²) in [5, 5.41) is 11.3. The van der Waals surface area contributed by atoms with E-state index in [9.17, 15) is 14.9 Å². The van der Waals surface area contributed by atoms with E-state index in [1.165, 1.54) is 12.1 Å². The summed E-state index contributed by atoms with van der Waals surface area (Å²) in [6.07, 6.45) is 0. The zero-order chi connectivity index (χ0) is 15.4. The second kappa shape index (κ2) is 6.23. The predicted molar refractivity (Wildman–Crippen MR) is 78.1 cm³/mol. The number of nitro benzene ring substituents is 1. The summed E-state index contributed by atoms with van der Waals surface area (Å²) in [6.45, 7) is -0.0172. The van der Waals surface area contributed by atoms with E-state index < -0.39 is 10.9 Å². The van der Waals surface area contributed by atoms with E-state index in [1.807, 2.05) is 0 Å².